The van der Waals surface area contributed by atoms with E-state index in [1.165, 1.54) is 0 Å². The van der Waals surface area contributed by atoms with Crippen molar-refractivity contribution in [3.8, 4) is 11.5 Å². The number of benzene rings is 1. The van der Waals surface area contributed by atoms with E-state index >= 15 is 0 Å². The van der Waals surface area contributed by atoms with Gasteiger partial charge >= 0.3 is 0 Å². The van der Waals surface area contributed by atoms with E-state index in [0.29, 0.717) is 13.0 Å². The van der Waals surface area contributed by atoms with Crippen molar-refractivity contribution in [2.45, 2.75) is 39.2 Å². The van der Waals surface area contributed by atoms with Crippen molar-refractivity contribution in [1.82, 2.24) is 5.32 Å². The molecule has 1 aromatic rings. The van der Waals surface area contributed by atoms with Crippen LogP contribution in [0.1, 0.15) is 38.2 Å². The summed E-state index contributed by atoms with van der Waals surface area (Å²) in [6.07, 6.45) is 3.81. The normalized spacial score (nSPS) is 12.5. The Morgan fingerprint density at radius 1 is 1.28 bits per heavy atom. The summed E-state index contributed by atoms with van der Waals surface area (Å²) in [6, 6.07) is 5.73. The molecular formula is C14H19NO3. The maximum Gasteiger partial charge on any atom is 0.231 e. The fourth-order valence-corrected chi connectivity index (χ4v) is 1.88. The highest BCUT2D eigenvalue weighted by Crippen LogP contribution is 2.32. The highest BCUT2D eigenvalue weighted by molar-refractivity contribution is 5.75. The molecule has 4 heteroatoms. The van der Waals surface area contributed by atoms with E-state index in [0.717, 1.165) is 36.3 Å². The summed E-state index contributed by atoms with van der Waals surface area (Å²) in [6.45, 7) is 2.95. The first-order chi connectivity index (χ1) is 8.79. The molecule has 0 bridgehead atoms. The number of ether oxygens (including phenoxy) is 2. The molecule has 2 rings (SSSR count). The minimum Gasteiger partial charge on any atom is -0.454 e. The van der Waals surface area contributed by atoms with E-state index in [4.69, 9.17) is 9.47 Å². The molecule has 1 aromatic carbocycles. The molecule has 1 aliphatic heterocycles. The van der Waals surface area contributed by atoms with Crippen molar-refractivity contribution in [3.63, 3.8) is 0 Å². The van der Waals surface area contributed by atoms with Crippen molar-refractivity contribution < 1.29 is 14.3 Å². The quantitative estimate of drug-likeness (QED) is 0.788. The lowest BCUT2D eigenvalue weighted by Crippen LogP contribution is -2.22. The topological polar surface area (TPSA) is 47.6 Å². The Kier molecular flexibility index (Phi) is 4.45. The summed E-state index contributed by atoms with van der Waals surface area (Å²) in [5.41, 5.74) is 1.03. The maximum atomic E-state index is 11.6. The zero-order chi connectivity index (χ0) is 12.8. The number of carbonyl (C=O) groups excluding carboxylic acids is 1. The van der Waals surface area contributed by atoms with E-state index < -0.39 is 0 Å². The lowest BCUT2D eigenvalue weighted by Gasteiger charge is -2.06. The lowest BCUT2D eigenvalue weighted by molar-refractivity contribution is -0.121. The van der Waals surface area contributed by atoms with Crippen molar-refractivity contribution in [2.75, 3.05) is 6.79 Å². The number of fused-ring (bicyclic) bond motifs is 1. The molecule has 0 saturated heterocycles. The van der Waals surface area contributed by atoms with Gasteiger partial charge in [-0.3, -0.25) is 4.79 Å². The molecule has 0 unspecified atom stereocenters. The van der Waals surface area contributed by atoms with Gasteiger partial charge in [0.1, 0.15) is 0 Å². The van der Waals surface area contributed by atoms with Gasteiger partial charge in [-0.2, -0.15) is 0 Å². The first-order valence-corrected chi connectivity index (χ1v) is 6.45. The smallest absolute Gasteiger partial charge is 0.231 e. The van der Waals surface area contributed by atoms with Crippen molar-refractivity contribution >= 4 is 5.91 Å². The molecule has 18 heavy (non-hydrogen) atoms. The summed E-state index contributed by atoms with van der Waals surface area (Å²) in [5.74, 6) is 1.64. The van der Waals surface area contributed by atoms with Gasteiger partial charge < -0.3 is 14.8 Å². The Bertz CT molecular complexity index is 418. The Hall–Kier alpha value is -1.71. The van der Waals surface area contributed by atoms with Gasteiger partial charge in [0.25, 0.3) is 0 Å². The second kappa shape index (κ2) is 6.28. The number of hydrogen-bond donors (Lipinski definition) is 1. The molecule has 1 N–H and O–H groups in total. The van der Waals surface area contributed by atoms with Gasteiger partial charge in [0.15, 0.2) is 11.5 Å². The molecule has 0 radical (unpaired) electrons. The number of amides is 1. The standard InChI is InChI=1S/C14H19NO3/c1-2-3-4-5-14(16)15-9-11-6-7-12-13(8-11)18-10-17-12/h6-8H,2-5,9-10H2,1H3,(H,15,16). The van der Waals surface area contributed by atoms with Crippen LogP contribution in [-0.4, -0.2) is 12.7 Å². The Morgan fingerprint density at radius 2 is 2.11 bits per heavy atom. The van der Waals surface area contributed by atoms with Crippen LogP contribution in [-0.2, 0) is 11.3 Å². The third-order valence-corrected chi connectivity index (χ3v) is 2.93. The van der Waals surface area contributed by atoms with Crippen LogP contribution in [0, 0.1) is 0 Å². The molecule has 1 aliphatic rings. The number of carbonyl (C=O) groups is 1. The second-order valence-electron chi connectivity index (χ2n) is 4.42. The van der Waals surface area contributed by atoms with E-state index in [9.17, 15) is 4.79 Å². The molecule has 0 aliphatic carbocycles. The van der Waals surface area contributed by atoms with E-state index in [1.54, 1.807) is 0 Å². The molecular weight excluding hydrogens is 230 g/mol. The van der Waals surface area contributed by atoms with E-state index in [-0.39, 0.29) is 12.7 Å². The average Bonchev–Trinajstić information content (AvgIpc) is 2.84. The van der Waals surface area contributed by atoms with Crippen LogP contribution in [0.3, 0.4) is 0 Å². The largest absolute Gasteiger partial charge is 0.454 e. The zero-order valence-corrected chi connectivity index (χ0v) is 10.7. The maximum absolute atomic E-state index is 11.6. The predicted octanol–water partition coefficient (Wildman–Crippen LogP) is 2.61. The highest BCUT2D eigenvalue weighted by atomic mass is 16.7. The van der Waals surface area contributed by atoms with Gasteiger partial charge in [0, 0.05) is 13.0 Å². The summed E-state index contributed by atoms with van der Waals surface area (Å²) >= 11 is 0. The van der Waals surface area contributed by atoms with Crippen LogP contribution in [0.4, 0.5) is 0 Å². The first-order valence-electron chi connectivity index (χ1n) is 6.45. The Morgan fingerprint density at radius 3 is 2.94 bits per heavy atom. The van der Waals surface area contributed by atoms with Gasteiger partial charge in [0.2, 0.25) is 12.7 Å². The molecule has 98 valence electrons. The third kappa shape index (κ3) is 3.39. The van der Waals surface area contributed by atoms with Crippen LogP contribution >= 0.6 is 0 Å². The van der Waals surface area contributed by atoms with Crippen LogP contribution in [0.2, 0.25) is 0 Å². The number of unbranched alkanes of at least 4 members (excludes halogenated alkanes) is 2. The molecule has 0 atom stereocenters. The van der Waals surface area contributed by atoms with Crippen LogP contribution < -0.4 is 14.8 Å². The van der Waals surface area contributed by atoms with Crippen LogP contribution in [0.15, 0.2) is 18.2 Å². The van der Waals surface area contributed by atoms with Gasteiger partial charge in [0.05, 0.1) is 0 Å². The molecule has 0 saturated carbocycles. The molecule has 1 heterocycles. The van der Waals surface area contributed by atoms with Gasteiger partial charge in [-0.15, -0.1) is 0 Å². The van der Waals surface area contributed by atoms with E-state index in [1.807, 2.05) is 18.2 Å². The number of hydrogen-bond acceptors (Lipinski definition) is 3. The number of rotatable bonds is 6. The van der Waals surface area contributed by atoms with Crippen molar-refractivity contribution in [1.29, 1.82) is 0 Å². The Labute approximate surface area is 107 Å². The fraction of sp³-hybridized carbons (Fsp3) is 0.500. The summed E-state index contributed by atoms with van der Waals surface area (Å²) in [5, 5.41) is 2.91. The summed E-state index contributed by atoms with van der Waals surface area (Å²) in [7, 11) is 0. The average molecular weight is 249 g/mol. The second-order valence-corrected chi connectivity index (χ2v) is 4.42. The van der Waals surface area contributed by atoms with Crippen LogP contribution in [0.5, 0.6) is 11.5 Å². The summed E-state index contributed by atoms with van der Waals surface area (Å²) < 4.78 is 10.5. The van der Waals surface area contributed by atoms with Crippen LogP contribution in [0.25, 0.3) is 0 Å². The molecule has 1 amide bonds. The van der Waals surface area contributed by atoms with E-state index in [2.05, 4.69) is 12.2 Å². The SMILES string of the molecule is CCCCCC(=O)NCc1ccc2c(c1)OCO2. The third-order valence-electron chi connectivity index (χ3n) is 2.93. The van der Waals surface area contributed by atoms with Gasteiger partial charge in [-0.05, 0) is 24.1 Å². The van der Waals surface area contributed by atoms with Gasteiger partial charge in [-0.1, -0.05) is 25.8 Å². The fourth-order valence-electron chi connectivity index (χ4n) is 1.88. The predicted molar refractivity (Wildman–Crippen MR) is 68.6 cm³/mol. The molecule has 4 nitrogen and oxygen atoms in total. The first kappa shape index (κ1) is 12.7. The minimum atomic E-state index is 0.112. The lowest BCUT2D eigenvalue weighted by atomic mass is 10.2. The molecule has 0 spiro atoms. The van der Waals surface area contributed by atoms with Gasteiger partial charge in [-0.25, -0.2) is 0 Å². The Balaban J connectivity index is 1.78. The molecule has 0 aromatic heterocycles. The molecule has 0 fully saturated rings. The summed E-state index contributed by atoms with van der Waals surface area (Å²) in [4.78, 5) is 11.6. The highest BCUT2D eigenvalue weighted by Gasteiger charge is 2.13. The van der Waals surface area contributed by atoms with Crippen molar-refractivity contribution in [3.05, 3.63) is 23.8 Å². The zero-order valence-electron chi connectivity index (χ0n) is 10.7. The monoisotopic (exact) mass is 249 g/mol. The van der Waals surface area contributed by atoms with Crippen molar-refractivity contribution in [2.24, 2.45) is 0 Å². The number of nitrogens with one attached hydrogen (secondary N) is 1. The minimum absolute atomic E-state index is 0.112.